The SMILES string of the molecule is COC1(OC)CSCC1(OC)OC. The van der Waals surface area contributed by atoms with Crippen LogP contribution in [0.5, 0.6) is 0 Å². The van der Waals surface area contributed by atoms with E-state index in [0.717, 1.165) is 0 Å². The van der Waals surface area contributed by atoms with E-state index in [1.807, 2.05) is 0 Å². The second-order valence-corrected chi connectivity index (χ2v) is 3.80. The molecule has 0 spiro atoms. The van der Waals surface area contributed by atoms with Crippen molar-refractivity contribution in [1.82, 2.24) is 0 Å². The molecule has 13 heavy (non-hydrogen) atoms. The second-order valence-electron chi connectivity index (χ2n) is 2.82. The molecule has 0 N–H and O–H groups in total. The van der Waals surface area contributed by atoms with Crippen LogP contribution in [-0.4, -0.2) is 51.5 Å². The lowest BCUT2D eigenvalue weighted by atomic mass is 10.1. The van der Waals surface area contributed by atoms with Gasteiger partial charge in [-0.3, -0.25) is 0 Å². The van der Waals surface area contributed by atoms with E-state index in [1.165, 1.54) is 0 Å². The highest BCUT2D eigenvalue weighted by atomic mass is 32.2. The molecule has 0 radical (unpaired) electrons. The Morgan fingerprint density at radius 2 is 1.08 bits per heavy atom. The third kappa shape index (κ3) is 1.49. The number of ether oxygens (including phenoxy) is 4. The minimum Gasteiger partial charge on any atom is -0.348 e. The maximum absolute atomic E-state index is 5.35. The zero-order chi connectivity index (χ0) is 9.95. The molecule has 0 aromatic heterocycles. The first-order chi connectivity index (χ1) is 6.20. The average molecular weight is 208 g/mol. The van der Waals surface area contributed by atoms with Gasteiger partial charge in [0.05, 0.1) is 11.5 Å². The summed E-state index contributed by atoms with van der Waals surface area (Å²) in [6, 6.07) is 0. The van der Waals surface area contributed by atoms with Crippen LogP contribution in [0.3, 0.4) is 0 Å². The van der Waals surface area contributed by atoms with Gasteiger partial charge in [-0.05, 0) is 0 Å². The van der Waals surface area contributed by atoms with E-state index in [4.69, 9.17) is 18.9 Å². The molecule has 1 aliphatic heterocycles. The molecule has 0 aromatic carbocycles. The predicted molar refractivity (Wildman–Crippen MR) is 50.8 cm³/mol. The fourth-order valence-corrected chi connectivity index (χ4v) is 3.11. The number of hydrogen-bond donors (Lipinski definition) is 0. The quantitative estimate of drug-likeness (QED) is 0.636. The Morgan fingerprint density at radius 3 is 1.31 bits per heavy atom. The van der Waals surface area contributed by atoms with Crippen LogP contribution in [-0.2, 0) is 18.9 Å². The minimum atomic E-state index is -0.791. The van der Waals surface area contributed by atoms with Gasteiger partial charge < -0.3 is 18.9 Å². The van der Waals surface area contributed by atoms with Crippen molar-refractivity contribution in [2.45, 2.75) is 11.6 Å². The lowest BCUT2D eigenvalue weighted by Crippen LogP contribution is -2.58. The van der Waals surface area contributed by atoms with Crippen LogP contribution in [0.15, 0.2) is 0 Å². The molecule has 1 saturated heterocycles. The van der Waals surface area contributed by atoms with Gasteiger partial charge in [0.1, 0.15) is 0 Å². The maximum Gasteiger partial charge on any atom is 0.233 e. The average Bonchev–Trinajstić information content (AvgIpc) is 2.57. The zero-order valence-corrected chi connectivity index (χ0v) is 9.27. The summed E-state index contributed by atoms with van der Waals surface area (Å²) in [6.07, 6.45) is 0. The molecule has 0 bridgehead atoms. The van der Waals surface area contributed by atoms with Crippen molar-refractivity contribution in [2.75, 3.05) is 39.9 Å². The van der Waals surface area contributed by atoms with Gasteiger partial charge in [0.15, 0.2) is 0 Å². The summed E-state index contributed by atoms with van der Waals surface area (Å²) in [4.78, 5) is 0. The van der Waals surface area contributed by atoms with Crippen LogP contribution in [0.4, 0.5) is 0 Å². The predicted octanol–water partition coefficient (Wildman–Crippen LogP) is 0.711. The fourth-order valence-electron chi connectivity index (χ4n) is 1.56. The summed E-state index contributed by atoms with van der Waals surface area (Å²) in [5.74, 6) is -0.161. The number of thioether (sulfide) groups is 1. The van der Waals surface area contributed by atoms with Crippen LogP contribution in [0.2, 0.25) is 0 Å². The lowest BCUT2D eigenvalue weighted by molar-refractivity contribution is -0.362. The Kier molecular flexibility index (Phi) is 3.59. The van der Waals surface area contributed by atoms with Crippen LogP contribution in [0, 0.1) is 0 Å². The first kappa shape index (κ1) is 11.3. The summed E-state index contributed by atoms with van der Waals surface area (Å²) < 4.78 is 21.4. The van der Waals surface area contributed by atoms with E-state index in [0.29, 0.717) is 11.5 Å². The van der Waals surface area contributed by atoms with Crippen LogP contribution in [0.1, 0.15) is 0 Å². The molecule has 1 heterocycles. The molecular formula is C8H16O4S. The van der Waals surface area contributed by atoms with Crippen molar-refractivity contribution in [3.63, 3.8) is 0 Å². The van der Waals surface area contributed by atoms with E-state index in [2.05, 4.69) is 0 Å². The van der Waals surface area contributed by atoms with Crippen LogP contribution >= 0.6 is 11.8 Å². The van der Waals surface area contributed by atoms with Crippen molar-refractivity contribution >= 4 is 11.8 Å². The first-order valence-corrected chi connectivity index (χ1v) is 5.14. The van der Waals surface area contributed by atoms with E-state index >= 15 is 0 Å². The number of methoxy groups -OCH3 is 4. The van der Waals surface area contributed by atoms with Gasteiger partial charge in [-0.15, -0.1) is 0 Å². The summed E-state index contributed by atoms with van der Waals surface area (Å²) in [5.41, 5.74) is 0. The Balaban J connectivity index is 2.92. The summed E-state index contributed by atoms with van der Waals surface area (Å²) in [7, 11) is 6.40. The monoisotopic (exact) mass is 208 g/mol. The Bertz CT molecular complexity index is 148. The van der Waals surface area contributed by atoms with E-state index < -0.39 is 11.6 Å². The molecule has 0 aliphatic carbocycles. The molecule has 0 atom stereocenters. The van der Waals surface area contributed by atoms with Crippen molar-refractivity contribution < 1.29 is 18.9 Å². The molecule has 0 saturated carbocycles. The molecule has 1 fully saturated rings. The third-order valence-electron chi connectivity index (χ3n) is 2.48. The highest BCUT2D eigenvalue weighted by Gasteiger charge is 2.59. The summed E-state index contributed by atoms with van der Waals surface area (Å²) >= 11 is 1.69. The summed E-state index contributed by atoms with van der Waals surface area (Å²) in [5, 5.41) is 0. The van der Waals surface area contributed by atoms with Gasteiger partial charge >= 0.3 is 0 Å². The minimum absolute atomic E-state index is 0.710. The Labute approximate surface area is 82.9 Å². The fraction of sp³-hybridized carbons (Fsp3) is 1.00. The zero-order valence-electron chi connectivity index (χ0n) is 8.46. The van der Waals surface area contributed by atoms with E-state index in [-0.39, 0.29) is 0 Å². The Hall–Kier alpha value is 0.190. The highest BCUT2D eigenvalue weighted by Crippen LogP contribution is 2.42. The smallest absolute Gasteiger partial charge is 0.233 e. The topological polar surface area (TPSA) is 36.9 Å². The van der Waals surface area contributed by atoms with Gasteiger partial charge in [0.25, 0.3) is 0 Å². The van der Waals surface area contributed by atoms with Crippen LogP contribution in [0.25, 0.3) is 0 Å². The molecular weight excluding hydrogens is 192 g/mol. The van der Waals surface area contributed by atoms with E-state index in [9.17, 15) is 0 Å². The number of rotatable bonds is 4. The molecule has 78 valence electrons. The van der Waals surface area contributed by atoms with E-state index in [1.54, 1.807) is 40.2 Å². The van der Waals surface area contributed by atoms with Crippen LogP contribution < -0.4 is 0 Å². The lowest BCUT2D eigenvalue weighted by Gasteiger charge is -2.40. The van der Waals surface area contributed by atoms with Crippen molar-refractivity contribution in [3.8, 4) is 0 Å². The third-order valence-corrected chi connectivity index (χ3v) is 3.65. The normalized spacial score (nSPS) is 24.9. The van der Waals surface area contributed by atoms with Gasteiger partial charge in [0, 0.05) is 28.4 Å². The largest absolute Gasteiger partial charge is 0.348 e. The summed E-state index contributed by atoms with van der Waals surface area (Å²) in [6.45, 7) is 0. The van der Waals surface area contributed by atoms with Gasteiger partial charge in [0.2, 0.25) is 11.6 Å². The molecule has 4 nitrogen and oxygen atoms in total. The number of hydrogen-bond acceptors (Lipinski definition) is 5. The van der Waals surface area contributed by atoms with Gasteiger partial charge in [-0.25, -0.2) is 0 Å². The molecule has 0 aromatic rings. The van der Waals surface area contributed by atoms with Crippen molar-refractivity contribution in [2.24, 2.45) is 0 Å². The standard InChI is InChI=1S/C8H16O4S/c1-9-7(10-2)5-13-6-8(7,11-3)12-4/h5-6H2,1-4H3. The molecule has 5 heteroatoms. The first-order valence-electron chi connectivity index (χ1n) is 3.98. The molecule has 1 rings (SSSR count). The highest BCUT2D eigenvalue weighted by molar-refractivity contribution is 7.99. The maximum atomic E-state index is 5.35. The molecule has 0 unspecified atom stereocenters. The molecule has 1 aliphatic rings. The van der Waals surface area contributed by atoms with Gasteiger partial charge in [-0.1, -0.05) is 0 Å². The van der Waals surface area contributed by atoms with Crippen molar-refractivity contribution in [3.05, 3.63) is 0 Å². The molecule has 0 amide bonds. The van der Waals surface area contributed by atoms with Gasteiger partial charge in [-0.2, -0.15) is 11.8 Å². The Morgan fingerprint density at radius 1 is 0.769 bits per heavy atom. The van der Waals surface area contributed by atoms with Crippen molar-refractivity contribution in [1.29, 1.82) is 0 Å². The second kappa shape index (κ2) is 4.14.